The van der Waals surface area contributed by atoms with Crippen LogP contribution in [0, 0.1) is 11.7 Å². The largest absolute Gasteiger partial charge is 0.484 e. The third-order valence-electron chi connectivity index (χ3n) is 7.29. The number of amides is 1. The maximum absolute atomic E-state index is 14.5. The predicted octanol–water partition coefficient (Wildman–Crippen LogP) is 5.68. The van der Waals surface area contributed by atoms with Gasteiger partial charge in [-0.05, 0) is 60.1 Å². The zero-order valence-corrected chi connectivity index (χ0v) is 21.1. The second kappa shape index (κ2) is 10.8. The molecule has 1 saturated carbocycles. The summed E-state index contributed by atoms with van der Waals surface area (Å²) in [7, 11) is 0. The van der Waals surface area contributed by atoms with Crippen molar-refractivity contribution in [2.45, 2.75) is 38.5 Å². The highest BCUT2D eigenvalue weighted by molar-refractivity contribution is 5.91. The number of fused-ring (bicyclic) bond motifs is 1. The summed E-state index contributed by atoms with van der Waals surface area (Å²) in [5.41, 5.74) is 4.50. The number of aromatic nitrogens is 1. The van der Waals surface area contributed by atoms with Crippen LogP contribution in [0.4, 0.5) is 4.39 Å². The Balaban J connectivity index is 1.20. The molecule has 2 heterocycles. The Bertz CT molecular complexity index is 1420. The number of oxazole rings is 1. The van der Waals surface area contributed by atoms with Crippen molar-refractivity contribution in [1.82, 2.24) is 15.2 Å². The molecule has 6 nitrogen and oxygen atoms in total. The normalized spacial score (nSPS) is 17.1. The summed E-state index contributed by atoms with van der Waals surface area (Å²) in [6.07, 6.45) is 4.59. The van der Waals surface area contributed by atoms with Gasteiger partial charge in [-0.3, -0.25) is 9.69 Å². The number of nitrogens with one attached hydrogen (secondary N) is 1. The highest BCUT2D eigenvalue weighted by Crippen LogP contribution is 2.38. The molecule has 1 fully saturated rings. The van der Waals surface area contributed by atoms with Gasteiger partial charge in [-0.25, -0.2) is 9.37 Å². The first kappa shape index (κ1) is 24.4. The monoisotopic (exact) mass is 511 g/mol. The van der Waals surface area contributed by atoms with Crippen molar-refractivity contribution in [1.29, 1.82) is 0 Å². The Hall–Kier alpha value is -3.97. The van der Waals surface area contributed by atoms with Crippen LogP contribution in [0.15, 0.2) is 83.5 Å². The summed E-state index contributed by atoms with van der Waals surface area (Å²) >= 11 is 0. The molecular weight excluding hydrogens is 481 g/mol. The fourth-order valence-electron chi connectivity index (χ4n) is 5.05. The highest BCUT2D eigenvalue weighted by atomic mass is 19.1. The van der Waals surface area contributed by atoms with Crippen LogP contribution in [0.5, 0.6) is 5.75 Å². The van der Waals surface area contributed by atoms with Crippen LogP contribution in [-0.2, 0) is 19.6 Å². The molecule has 0 spiro atoms. The number of halogens is 1. The minimum atomic E-state index is -0.221. The van der Waals surface area contributed by atoms with Crippen LogP contribution in [0.3, 0.4) is 0 Å². The number of carbonyl (C=O) groups is 1. The topological polar surface area (TPSA) is 67.6 Å². The van der Waals surface area contributed by atoms with Crippen molar-refractivity contribution in [3.05, 3.63) is 119 Å². The molecule has 0 saturated heterocycles. The molecule has 194 valence electrons. The first-order chi connectivity index (χ1) is 18.6. The maximum atomic E-state index is 14.5. The predicted molar refractivity (Wildman–Crippen MR) is 141 cm³/mol. The van der Waals surface area contributed by atoms with Crippen LogP contribution >= 0.6 is 0 Å². The van der Waals surface area contributed by atoms with Crippen LogP contribution < -0.4 is 10.1 Å². The molecule has 0 unspecified atom stereocenters. The molecule has 1 aliphatic carbocycles. The van der Waals surface area contributed by atoms with Crippen molar-refractivity contribution in [3.8, 4) is 5.75 Å². The van der Waals surface area contributed by atoms with Gasteiger partial charge in [0.25, 0.3) is 5.91 Å². The van der Waals surface area contributed by atoms with Crippen LogP contribution in [0.1, 0.15) is 57.5 Å². The van der Waals surface area contributed by atoms with E-state index in [-0.39, 0.29) is 30.1 Å². The number of ether oxygens (including phenoxy) is 1. The van der Waals surface area contributed by atoms with Crippen molar-refractivity contribution in [2.24, 2.45) is 5.92 Å². The maximum Gasteiger partial charge on any atom is 0.273 e. The van der Waals surface area contributed by atoms with Crippen molar-refractivity contribution >= 4 is 5.91 Å². The van der Waals surface area contributed by atoms with Crippen molar-refractivity contribution < 1.29 is 18.3 Å². The molecule has 7 heteroatoms. The Morgan fingerprint density at radius 3 is 2.71 bits per heavy atom. The zero-order valence-electron chi connectivity index (χ0n) is 21.1. The average Bonchev–Trinajstić information content (AvgIpc) is 3.66. The number of hydrogen-bond donors (Lipinski definition) is 1. The minimum Gasteiger partial charge on any atom is -0.484 e. The van der Waals surface area contributed by atoms with E-state index in [0.717, 1.165) is 24.1 Å². The molecule has 1 atom stereocenters. The molecule has 1 aliphatic heterocycles. The standard InChI is InChI=1S/C31H30FN3O3/c32-27-9-5-4-8-24(27)18-35-15-14-22-12-13-25(16-26(22)30(35)23-6-2-1-3-7-23)37-20-29-34-28(19-38-29)31(36)33-17-21-10-11-21/h1-9,12-13,16,19,21,30H,10-11,14-15,17-18,20H2,(H,33,36)/t30-/m1/s1. The Morgan fingerprint density at radius 1 is 1.08 bits per heavy atom. The van der Waals surface area contributed by atoms with Gasteiger partial charge in [-0.2, -0.15) is 0 Å². The summed E-state index contributed by atoms with van der Waals surface area (Å²) in [4.78, 5) is 18.9. The Labute approximate surface area is 221 Å². The third-order valence-corrected chi connectivity index (χ3v) is 7.29. The third kappa shape index (κ3) is 5.48. The lowest BCUT2D eigenvalue weighted by Gasteiger charge is -2.38. The van der Waals surface area contributed by atoms with Crippen molar-refractivity contribution in [2.75, 3.05) is 13.1 Å². The first-order valence-corrected chi connectivity index (χ1v) is 13.1. The van der Waals surface area contributed by atoms with E-state index in [1.165, 1.54) is 30.7 Å². The Kier molecular flexibility index (Phi) is 6.92. The molecule has 0 bridgehead atoms. The van der Waals surface area contributed by atoms with Gasteiger partial charge in [0.15, 0.2) is 12.3 Å². The van der Waals surface area contributed by atoms with Gasteiger partial charge < -0.3 is 14.5 Å². The number of benzene rings is 3. The Morgan fingerprint density at radius 2 is 1.89 bits per heavy atom. The first-order valence-electron chi connectivity index (χ1n) is 13.1. The molecule has 1 N–H and O–H groups in total. The molecule has 38 heavy (non-hydrogen) atoms. The van der Waals surface area contributed by atoms with Gasteiger partial charge in [-0.1, -0.05) is 54.6 Å². The summed E-state index contributed by atoms with van der Waals surface area (Å²) in [6.45, 7) is 2.13. The van der Waals surface area contributed by atoms with Crippen LogP contribution in [0.2, 0.25) is 0 Å². The van der Waals surface area contributed by atoms with Gasteiger partial charge in [0, 0.05) is 25.2 Å². The fraction of sp³-hybridized carbons (Fsp3) is 0.290. The fourth-order valence-corrected chi connectivity index (χ4v) is 5.05. The smallest absolute Gasteiger partial charge is 0.273 e. The summed E-state index contributed by atoms with van der Waals surface area (Å²) in [6, 6.07) is 23.4. The molecule has 3 aromatic carbocycles. The zero-order chi connectivity index (χ0) is 25.9. The van der Waals surface area contributed by atoms with Gasteiger partial charge in [0.2, 0.25) is 5.89 Å². The lowest BCUT2D eigenvalue weighted by molar-refractivity contribution is 0.0946. The second-order valence-electron chi connectivity index (χ2n) is 10.1. The molecule has 4 aromatic rings. The molecule has 2 aliphatic rings. The highest BCUT2D eigenvalue weighted by Gasteiger charge is 2.30. The molecule has 0 radical (unpaired) electrons. The minimum absolute atomic E-state index is 0.0355. The molecular formula is C31H30FN3O3. The van der Waals surface area contributed by atoms with E-state index in [0.29, 0.717) is 36.2 Å². The van der Waals surface area contributed by atoms with Gasteiger partial charge in [0.05, 0.1) is 6.04 Å². The number of rotatable bonds is 9. The molecule has 1 amide bonds. The van der Waals surface area contributed by atoms with Crippen molar-refractivity contribution in [3.63, 3.8) is 0 Å². The second-order valence-corrected chi connectivity index (χ2v) is 10.1. The quantitative estimate of drug-likeness (QED) is 0.313. The SMILES string of the molecule is O=C(NCC1CC1)c1coc(COc2ccc3c(c2)[C@@H](c2ccccc2)N(Cc2ccccc2F)CC3)n1. The number of carbonyl (C=O) groups excluding carboxylic acids is 1. The van der Waals surface area contributed by atoms with E-state index in [1.54, 1.807) is 6.07 Å². The van der Waals surface area contributed by atoms with Gasteiger partial charge in [0.1, 0.15) is 17.8 Å². The van der Waals surface area contributed by atoms with E-state index in [9.17, 15) is 9.18 Å². The van der Waals surface area contributed by atoms with Gasteiger partial charge >= 0.3 is 0 Å². The summed E-state index contributed by atoms with van der Waals surface area (Å²) in [5, 5.41) is 2.90. The van der Waals surface area contributed by atoms with E-state index < -0.39 is 0 Å². The van der Waals surface area contributed by atoms with E-state index in [4.69, 9.17) is 9.15 Å². The lowest BCUT2D eigenvalue weighted by Crippen LogP contribution is -2.36. The van der Waals surface area contributed by atoms with E-state index in [2.05, 4.69) is 39.5 Å². The van der Waals surface area contributed by atoms with E-state index in [1.807, 2.05) is 36.4 Å². The lowest BCUT2D eigenvalue weighted by atomic mass is 9.87. The van der Waals surface area contributed by atoms with Gasteiger partial charge in [-0.15, -0.1) is 0 Å². The average molecular weight is 512 g/mol. The van der Waals surface area contributed by atoms with E-state index >= 15 is 0 Å². The number of hydrogen-bond acceptors (Lipinski definition) is 5. The van der Waals surface area contributed by atoms with Crippen LogP contribution in [-0.4, -0.2) is 28.9 Å². The molecule has 1 aromatic heterocycles. The number of nitrogens with zero attached hydrogens (tertiary/aromatic N) is 2. The summed E-state index contributed by atoms with van der Waals surface area (Å²) in [5.74, 6) is 1.23. The molecule has 6 rings (SSSR count). The summed E-state index contributed by atoms with van der Waals surface area (Å²) < 4.78 is 26.1. The van der Waals surface area contributed by atoms with Crippen LogP contribution in [0.25, 0.3) is 0 Å².